The van der Waals surface area contributed by atoms with Gasteiger partial charge in [0, 0.05) is 17.2 Å². The van der Waals surface area contributed by atoms with E-state index in [-0.39, 0.29) is 0 Å². The van der Waals surface area contributed by atoms with Gasteiger partial charge in [0.25, 0.3) is 0 Å². The zero-order valence-corrected chi connectivity index (χ0v) is 12.7. The van der Waals surface area contributed by atoms with Crippen molar-refractivity contribution in [1.82, 2.24) is 0 Å². The van der Waals surface area contributed by atoms with Crippen molar-refractivity contribution in [1.29, 1.82) is 0 Å². The number of hydrogen-bond acceptors (Lipinski definition) is 1. The summed E-state index contributed by atoms with van der Waals surface area (Å²) in [6, 6.07) is 29.2. The van der Waals surface area contributed by atoms with Gasteiger partial charge in [-0.15, -0.1) is 0 Å². The van der Waals surface area contributed by atoms with Crippen LogP contribution in [0.2, 0.25) is 0 Å². The van der Waals surface area contributed by atoms with Gasteiger partial charge in [-0.2, -0.15) is 4.74 Å². The minimum atomic E-state index is 0.612. The summed E-state index contributed by atoms with van der Waals surface area (Å²) in [5.41, 5.74) is 3.37. The van der Waals surface area contributed by atoms with E-state index in [1.807, 2.05) is 97.1 Å². The van der Waals surface area contributed by atoms with Crippen molar-refractivity contribution in [3.05, 3.63) is 113 Å². The molecule has 0 radical (unpaired) electrons. The zero-order valence-electron chi connectivity index (χ0n) is 12.7. The standard InChI is InChI=1S/C21H17NO/c23-22(17-19-12-6-2-7-13-19)21(20-14-8-3-9-15-20)16-18-10-4-1-5-11-18/h1-17H/b21-16+,22-17-. The molecule has 0 spiro atoms. The highest BCUT2D eigenvalue weighted by atomic mass is 16.5. The van der Waals surface area contributed by atoms with Crippen molar-refractivity contribution < 1.29 is 4.74 Å². The highest BCUT2D eigenvalue weighted by molar-refractivity contribution is 5.82. The lowest BCUT2D eigenvalue weighted by Crippen LogP contribution is -2.05. The lowest BCUT2D eigenvalue weighted by molar-refractivity contribution is -0.343. The molecule has 3 rings (SSSR count). The molecular formula is C21H17NO. The maximum Gasteiger partial charge on any atom is 0.224 e. The van der Waals surface area contributed by atoms with Crippen LogP contribution in [0.25, 0.3) is 11.8 Å². The molecule has 0 aromatic heterocycles. The summed E-state index contributed by atoms with van der Waals surface area (Å²) in [6.45, 7) is 0. The fourth-order valence-electron chi connectivity index (χ4n) is 2.33. The van der Waals surface area contributed by atoms with E-state index in [0.717, 1.165) is 21.4 Å². The molecule has 0 aliphatic carbocycles. The predicted octanol–water partition coefficient (Wildman–Crippen LogP) is 4.81. The van der Waals surface area contributed by atoms with Gasteiger partial charge in [0.05, 0.1) is 0 Å². The van der Waals surface area contributed by atoms with Crippen LogP contribution < -0.4 is 0 Å². The number of rotatable bonds is 4. The molecule has 0 saturated heterocycles. The van der Waals surface area contributed by atoms with Gasteiger partial charge in [-0.1, -0.05) is 66.7 Å². The Balaban J connectivity index is 2.06. The van der Waals surface area contributed by atoms with Gasteiger partial charge in [0.1, 0.15) is 0 Å². The highest BCUT2D eigenvalue weighted by Crippen LogP contribution is 2.19. The van der Waals surface area contributed by atoms with Crippen LogP contribution in [-0.4, -0.2) is 11.0 Å². The summed E-state index contributed by atoms with van der Waals surface area (Å²) in [6.07, 6.45) is 3.50. The Morgan fingerprint density at radius 1 is 0.652 bits per heavy atom. The monoisotopic (exact) mass is 299 g/mol. The van der Waals surface area contributed by atoms with Crippen LogP contribution in [0.5, 0.6) is 0 Å². The van der Waals surface area contributed by atoms with Crippen molar-refractivity contribution in [2.45, 2.75) is 0 Å². The first-order chi connectivity index (χ1) is 11.3. The third-order valence-electron chi connectivity index (χ3n) is 3.48. The topological polar surface area (TPSA) is 26.1 Å². The quantitative estimate of drug-likeness (QED) is 0.223. The first-order valence-corrected chi connectivity index (χ1v) is 7.51. The molecule has 3 aromatic carbocycles. The van der Waals surface area contributed by atoms with E-state index >= 15 is 0 Å². The second kappa shape index (κ2) is 7.23. The second-order valence-corrected chi connectivity index (χ2v) is 5.17. The van der Waals surface area contributed by atoms with Crippen molar-refractivity contribution in [2.75, 3.05) is 0 Å². The Bertz CT molecular complexity index is 806. The third kappa shape index (κ3) is 3.95. The molecule has 0 fully saturated rings. The van der Waals surface area contributed by atoms with Crippen molar-refractivity contribution in [3.63, 3.8) is 0 Å². The summed E-state index contributed by atoms with van der Waals surface area (Å²) in [5, 5.41) is 12.7. The minimum absolute atomic E-state index is 0.612. The van der Waals surface area contributed by atoms with Crippen molar-refractivity contribution >= 4 is 18.0 Å². The molecule has 0 heterocycles. The molecule has 0 saturated carbocycles. The molecule has 3 aromatic rings. The Morgan fingerprint density at radius 3 is 1.70 bits per heavy atom. The second-order valence-electron chi connectivity index (χ2n) is 5.17. The van der Waals surface area contributed by atoms with Crippen LogP contribution >= 0.6 is 0 Å². The largest absolute Gasteiger partial charge is 0.618 e. The van der Waals surface area contributed by atoms with Crippen molar-refractivity contribution in [3.8, 4) is 0 Å². The molecule has 0 unspecified atom stereocenters. The average Bonchev–Trinajstić information content (AvgIpc) is 2.62. The van der Waals surface area contributed by atoms with Gasteiger partial charge in [-0.25, -0.2) is 0 Å². The number of nitrogens with zero attached hydrogens (tertiary/aromatic N) is 1. The van der Waals surface area contributed by atoms with Crippen LogP contribution in [0.1, 0.15) is 16.7 Å². The van der Waals surface area contributed by atoms with Gasteiger partial charge in [-0.3, -0.25) is 0 Å². The fourth-order valence-corrected chi connectivity index (χ4v) is 2.33. The molecule has 2 nitrogen and oxygen atoms in total. The molecule has 112 valence electrons. The van der Waals surface area contributed by atoms with E-state index in [1.54, 1.807) is 6.21 Å². The van der Waals surface area contributed by atoms with Gasteiger partial charge in [0.15, 0.2) is 6.21 Å². The summed E-state index contributed by atoms with van der Waals surface area (Å²) in [7, 11) is 0. The van der Waals surface area contributed by atoms with Crippen LogP contribution in [0, 0.1) is 5.21 Å². The molecule has 2 heteroatoms. The highest BCUT2D eigenvalue weighted by Gasteiger charge is 2.10. The normalized spacial score (nSPS) is 12.2. The lowest BCUT2D eigenvalue weighted by Gasteiger charge is -2.08. The zero-order chi connectivity index (χ0) is 15.9. The molecule has 0 bridgehead atoms. The van der Waals surface area contributed by atoms with E-state index in [4.69, 9.17) is 0 Å². The smallest absolute Gasteiger partial charge is 0.224 e. The van der Waals surface area contributed by atoms with E-state index < -0.39 is 0 Å². The number of hydroxylamine groups is 1. The van der Waals surface area contributed by atoms with Crippen LogP contribution in [-0.2, 0) is 0 Å². The predicted molar refractivity (Wildman–Crippen MR) is 96.0 cm³/mol. The molecule has 0 aliphatic heterocycles. The SMILES string of the molecule is [O-][N+](=C\c1ccccc1)/C(=C/c1ccccc1)c1ccccc1. The van der Waals surface area contributed by atoms with E-state index in [0.29, 0.717) is 5.70 Å². The first kappa shape index (κ1) is 14.8. The number of benzene rings is 3. The lowest BCUT2D eigenvalue weighted by atomic mass is 10.1. The summed E-state index contributed by atoms with van der Waals surface area (Å²) >= 11 is 0. The average molecular weight is 299 g/mol. The van der Waals surface area contributed by atoms with Gasteiger partial charge in [0.2, 0.25) is 5.70 Å². The Hall–Kier alpha value is -3.13. The third-order valence-corrected chi connectivity index (χ3v) is 3.48. The Labute approximate surface area is 136 Å². The molecule has 0 amide bonds. The fraction of sp³-hybridized carbons (Fsp3) is 0. The van der Waals surface area contributed by atoms with E-state index in [1.165, 1.54) is 0 Å². The maximum atomic E-state index is 12.7. The van der Waals surface area contributed by atoms with Crippen LogP contribution in [0.15, 0.2) is 91.0 Å². The summed E-state index contributed by atoms with van der Waals surface area (Å²) in [4.78, 5) is 0. The van der Waals surface area contributed by atoms with Gasteiger partial charge < -0.3 is 5.21 Å². The molecule has 0 atom stereocenters. The summed E-state index contributed by atoms with van der Waals surface area (Å²) < 4.78 is 0.928. The van der Waals surface area contributed by atoms with E-state index in [2.05, 4.69) is 0 Å². The summed E-state index contributed by atoms with van der Waals surface area (Å²) in [5.74, 6) is 0. The Morgan fingerprint density at radius 2 is 1.13 bits per heavy atom. The minimum Gasteiger partial charge on any atom is -0.618 e. The molecule has 0 aliphatic rings. The van der Waals surface area contributed by atoms with Gasteiger partial charge >= 0.3 is 0 Å². The van der Waals surface area contributed by atoms with Gasteiger partial charge in [-0.05, 0) is 29.8 Å². The number of hydrogen-bond donors (Lipinski definition) is 0. The van der Waals surface area contributed by atoms with Crippen LogP contribution in [0.4, 0.5) is 0 Å². The van der Waals surface area contributed by atoms with Crippen molar-refractivity contribution in [2.24, 2.45) is 0 Å². The molecule has 0 N–H and O–H groups in total. The first-order valence-electron chi connectivity index (χ1n) is 7.51. The van der Waals surface area contributed by atoms with E-state index in [9.17, 15) is 5.21 Å². The molecule has 23 heavy (non-hydrogen) atoms. The Kier molecular flexibility index (Phi) is 4.65. The molecular weight excluding hydrogens is 282 g/mol. The maximum absolute atomic E-state index is 12.7. The van der Waals surface area contributed by atoms with Crippen LogP contribution in [0.3, 0.4) is 0 Å².